The van der Waals surface area contributed by atoms with E-state index in [1.807, 2.05) is 43.0 Å². The van der Waals surface area contributed by atoms with E-state index in [1.165, 1.54) is 0 Å². The molecule has 0 radical (unpaired) electrons. The maximum absolute atomic E-state index is 12.7. The first kappa shape index (κ1) is 22.9. The smallest absolute Gasteiger partial charge is 0.319 e. The first-order valence-electron chi connectivity index (χ1n) is 10.6. The maximum atomic E-state index is 12.7. The predicted molar refractivity (Wildman–Crippen MR) is 124 cm³/mol. The summed E-state index contributed by atoms with van der Waals surface area (Å²) >= 11 is 5.92. The van der Waals surface area contributed by atoms with Crippen molar-refractivity contribution in [1.82, 2.24) is 10.2 Å². The standard InChI is InChI=1S/C24H30ClN3O3/c1-16(2)14-23(29)28-13-12-21(17-4-10-20(31-3)11-5-17)22(15-28)27-24(30)26-19-8-6-18(25)7-9-19/h4-11,16,21-22H,12-15H2,1-3H3,(H2,26,27,30)/t21-,22+/m1/s1. The minimum atomic E-state index is -0.302. The fourth-order valence-corrected chi connectivity index (χ4v) is 4.05. The highest BCUT2D eigenvalue weighted by atomic mass is 35.5. The minimum Gasteiger partial charge on any atom is -0.497 e. The molecule has 166 valence electrons. The Kier molecular flexibility index (Phi) is 7.80. The molecule has 0 spiro atoms. The molecule has 0 unspecified atom stereocenters. The highest BCUT2D eigenvalue weighted by Gasteiger charge is 2.33. The number of methoxy groups -OCH3 is 1. The van der Waals surface area contributed by atoms with Crippen molar-refractivity contribution in [2.45, 2.75) is 38.6 Å². The van der Waals surface area contributed by atoms with Crippen LogP contribution in [0.1, 0.15) is 38.2 Å². The monoisotopic (exact) mass is 443 g/mol. The number of rotatable bonds is 6. The summed E-state index contributed by atoms with van der Waals surface area (Å²) in [5.74, 6) is 1.32. The number of ether oxygens (including phenoxy) is 1. The van der Waals surface area contributed by atoms with Gasteiger partial charge in [0, 0.05) is 36.1 Å². The average Bonchev–Trinajstić information content (AvgIpc) is 2.75. The van der Waals surface area contributed by atoms with Gasteiger partial charge in [0.05, 0.1) is 13.2 Å². The van der Waals surface area contributed by atoms with Crippen molar-refractivity contribution in [3.63, 3.8) is 0 Å². The number of piperidine rings is 1. The van der Waals surface area contributed by atoms with Crippen molar-refractivity contribution >= 4 is 29.2 Å². The van der Waals surface area contributed by atoms with Crippen molar-refractivity contribution in [1.29, 1.82) is 0 Å². The molecule has 0 bridgehead atoms. The molecule has 1 fully saturated rings. The van der Waals surface area contributed by atoms with Gasteiger partial charge in [0.1, 0.15) is 5.75 Å². The number of nitrogens with one attached hydrogen (secondary N) is 2. The normalized spacial score (nSPS) is 18.5. The van der Waals surface area contributed by atoms with Gasteiger partial charge in [-0.15, -0.1) is 0 Å². The van der Waals surface area contributed by atoms with E-state index in [1.54, 1.807) is 31.4 Å². The Balaban J connectivity index is 1.74. The average molecular weight is 444 g/mol. The number of anilines is 1. The number of hydrogen-bond acceptors (Lipinski definition) is 3. The molecule has 2 aromatic rings. The van der Waals surface area contributed by atoms with Gasteiger partial charge in [-0.1, -0.05) is 37.6 Å². The van der Waals surface area contributed by atoms with E-state index in [2.05, 4.69) is 10.6 Å². The molecule has 1 aliphatic heterocycles. The van der Waals surface area contributed by atoms with Crippen molar-refractivity contribution in [2.75, 3.05) is 25.5 Å². The minimum absolute atomic E-state index is 0.102. The van der Waals surface area contributed by atoms with Crippen LogP contribution in [0, 0.1) is 5.92 Å². The van der Waals surface area contributed by atoms with Crippen LogP contribution in [-0.4, -0.2) is 43.1 Å². The van der Waals surface area contributed by atoms with Gasteiger partial charge in [0.15, 0.2) is 0 Å². The third-order valence-electron chi connectivity index (χ3n) is 5.51. The number of likely N-dealkylation sites (tertiary alicyclic amines) is 1. The van der Waals surface area contributed by atoms with E-state index in [4.69, 9.17) is 16.3 Å². The summed E-state index contributed by atoms with van der Waals surface area (Å²) in [5, 5.41) is 6.55. The summed E-state index contributed by atoms with van der Waals surface area (Å²) in [6, 6.07) is 14.4. The first-order valence-corrected chi connectivity index (χ1v) is 11.0. The van der Waals surface area contributed by atoms with Gasteiger partial charge in [-0.25, -0.2) is 4.79 Å². The molecule has 3 rings (SSSR count). The maximum Gasteiger partial charge on any atom is 0.319 e. The van der Waals surface area contributed by atoms with Crippen LogP contribution in [0.2, 0.25) is 5.02 Å². The van der Waals surface area contributed by atoms with Gasteiger partial charge >= 0.3 is 6.03 Å². The Hall–Kier alpha value is -2.73. The van der Waals surface area contributed by atoms with E-state index in [-0.39, 0.29) is 23.9 Å². The summed E-state index contributed by atoms with van der Waals surface area (Å²) in [5.41, 5.74) is 1.78. The van der Waals surface area contributed by atoms with E-state index in [0.29, 0.717) is 36.1 Å². The Morgan fingerprint density at radius 2 is 1.81 bits per heavy atom. The van der Waals surface area contributed by atoms with Gasteiger partial charge in [0.2, 0.25) is 5.91 Å². The Bertz CT molecular complexity index is 884. The molecule has 3 amide bonds. The van der Waals surface area contributed by atoms with Gasteiger partial charge < -0.3 is 20.3 Å². The van der Waals surface area contributed by atoms with Crippen LogP contribution in [0.5, 0.6) is 5.75 Å². The number of nitrogens with zero attached hydrogens (tertiary/aromatic N) is 1. The van der Waals surface area contributed by atoms with Crippen LogP contribution in [-0.2, 0) is 4.79 Å². The van der Waals surface area contributed by atoms with Crippen LogP contribution in [0.3, 0.4) is 0 Å². The lowest BCUT2D eigenvalue weighted by atomic mass is 9.85. The highest BCUT2D eigenvalue weighted by molar-refractivity contribution is 6.30. The van der Waals surface area contributed by atoms with Crippen LogP contribution in [0.4, 0.5) is 10.5 Å². The van der Waals surface area contributed by atoms with Crippen LogP contribution in [0.15, 0.2) is 48.5 Å². The quantitative estimate of drug-likeness (QED) is 0.667. The lowest BCUT2D eigenvalue weighted by Gasteiger charge is -2.39. The summed E-state index contributed by atoms with van der Waals surface area (Å²) < 4.78 is 5.27. The van der Waals surface area contributed by atoms with Crippen molar-refractivity contribution in [3.05, 3.63) is 59.1 Å². The number of hydrogen-bond donors (Lipinski definition) is 2. The zero-order chi connectivity index (χ0) is 22.4. The van der Waals surface area contributed by atoms with Crippen LogP contribution in [0.25, 0.3) is 0 Å². The number of carbonyl (C=O) groups excluding carboxylic acids is 2. The molecule has 0 aliphatic carbocycles. The number of amides is 3. The summed E-state index contributed by atoms with van der Waals surface area (Å²) in [6.07, 6.45) is 1.29. The molecule has 0 aromatic heterocycles. The van der Waals surface area contributed by atoms with Crippen molar-refractivity contribution in [3.8, 4) is 5.75 Å². The first-order chi connectivity index (χ1) is 14.9. The van der Waals surface area contributed by atoms with E-state index in [9.17, 15) is 9.59 Å². The molecule has 31 heavy (non-hydrogen) atoms. The number of carbonyl (C=O) groups is 2. The summed E-state index contributed by atoms with van der Waals surface area (Å²) in [6.45, 7) is 5.24. The Morgan fingerprint density at radius 1 is 1.13 bits per heavy atom. The largest absolute Gasteiger partial charge is 0.497 e. The molecule has 2 N–H and O–H groups in total. The second kappa shape index (κ2) is 10.5. The fourth-order valence-electron chi connectivity index (χ4n) is 3.92. The third-order valence-corrected chi connectivity index (χ3v) is 5.76. The van der Waals surface area contributed by atoms with Crippen LogP contribution >= 0.6 is 11.6 Å². The number of urea groups is 1. The highest BCUT2D eigenvalue weighted by Crippen LogP contribution is 2.30. The van der Waals surface area contributed by atoms with E-state index >= 15 is 0 Å². The molecule has 2 atom stereocenters. The molecule has 6 nitrogen and oxygen atoms in total. The fraction of sp³-hybridized carbons (Fsp3) is 0.417. The van der Waals surface area contributed by atoms with Gasteiger partial charge in [-0.3, -0.25) is 4.79 Å². The molecular weight excluding hydrogens is 414 g/mol. The van der Waals surface area contributed by atoms with Gasteiger partial charge in [-0.2, -0.15) is 0 Å². The lowest BCUT2D eigenvalue weighted by Crippen LogP contribution is -2.54. The Labute approximate surface area is 188 Å². The topological polar surface area (TPSA) is 70.7 Å². The van der Waals surface area contributed by atoms with Gasteiger partial charge in [0.25, 0.3) is 0 Å². The molecule has 0 saturated carbocycles. The zero-order valence-corrected chi connectivity index (χ0v) is 19.0. The Morgan fingerprint density at radius 3 is 2.42 bits per heavy atom. The van der Waals surface area contributed by atoms with E-state index in [0.717, 1.165) is 17.7 Å². The van der Waals surface area contributed by atoms with Crippen LogP contribution < -0.4 is 15.4 Å². The molecule has 1 saturated heterocycles. The second-order valence-electron chi connectivity index (χ2n) is 8.32. The summed E-state index contributed by atoms with van der Waals surface area (Å²) in [4.78, 5) is 27.2. The predicted octanol–water partition coefficient (Wildman–Crippen LogP) is 4.90. The summed E-state index contributed by atoms with van der Waals surface area (Å²) in [7, 11) is 1.64. The third kappa shape index (κ3) is 6.37. The lowest BCUT2D eigenvalue weighted by molar-refractivity contribution is -0.133. The zero-order valence-electron chi connectivity index (χ0n) is 18.2. The van der Waals surface area contributed by atoms with Crippen molar-refractivity contribution < 1.29 is 14.3 Å². The van der Waals surface area contributed by atoms with Crippen molar-refractivity contribution in [2.24, 2.45) is 5.92 Å². The molecule has 1 heterocycles. The molecule has 2 aromatic carbocycles. The molecular formula is C24H30ClN3O3. The number of halogens is 1. The molecule has 1 aliphatic rings. The van der Waals surface area contributed by atoms with Gasteiger partial charge in [-0.05, 0) is 54.3 Å². The molecule has 7 heteroatoms. The van der Waals surface area contributed by atoms with E-state index < -0.39 is 0 Å². The number of benzene rings is 2. The SMILES string of the molecule is COc1ccc([C@H]2CCN(C(=O)CC(C)C)C[C@@H]2NC(=O)Nc2ccc(Cl)cc2)cc1. The second-order valence-corrected chi connectivity index (χ2v) is 8.75.